The van der Waals surface area contributed by atoms with Crippen molar-refractivity contribution in [3.8, 4) is 0 Å². The van der Waals surface area contributed by atoms with Gasteiger partial charge >= 0.3 is 5.97 Å². The maximum atomic E-state index is 12.6. The van der Waals surface area contributed by atoms with Crippen LogP contribution in [0.2, 0.25) is 0 Å². The molecule has 2 amide bonds. The minimum Gasteiger partial charge on any atom is -0.452 e. The Morgan fingerprint density at radius 1 is 1.10 bits per heavy atom. The molecule has 2 aromatic rings. The zero-order valence-electron chi connectivity index (χ0n) is 17.5. The van der Waals surface area contributed by atoms with Crippen LogP contribution in [0.15, 0.2) is 48.5 Å². The molecule has 1 N–H and O–H groups in total. The van der Waals surface area contributed by atoms with Crippen LogP contribution in [0.4, 0.5) is 5.69 Å². The lowest BCUT2D eigenvalue weighted by Crippen LogP contribution is -2.36. The SMILES string of the molecule is CCCN(CC1CC1)C(=O)COC(=O)c1ccccc1NC(=O)c1cccc(C)c1. The predicted octanol–water partition coefficient (Wildman–Crippen LogP) is 4.05. The number of anilines is 1. The average Bonchev–Trinajstić information content (AvgIpc) is 3.56. The van der Waals surface area contributed by atoms with Gasteiger partial charge in [0.25, 0.3) is 11.8 Å². The quantitative estimate of drug-likeness (QED) is 0.635. The van der Waals surface area contributed by atoms with Gasteiger partial charge in [-0.15, -0.1) is 0 Å². The molecule has 158 valence electrons. The van der Waals surface area contributed by atoms with Gasteiger partial charge in [0.2, 0.25) is 0 Å². The van der Waals surface area contributed by atoms with Crippen molar-refractivity contribution in [1.29, 1.82) is 0 Å². The monoisotopic (exact) mass is 408 g/mol. The summed E-state index contributed by atoms with van der Waals surface area (Å²) in [5.41, 5.74) is 2.04. The zero-order valence-corrected chi connectivity index (χ0v) is 17.5. The lowest BCUT2D eigenvalue weighted by atomic mass is 10.1. The van der Waals surface area contributed by atoms with Gasteiger partial charge < -0.3 is 15.0 Å². The number of carbonyl (C=O) groups is 3. The molecule has 1 aliphatic carbocycles. The Morgan fingerprint density at radius 2 is 1.87 bits per heavy atom. The molecule has 0 unspecified atom stereocenters. The highest BCUT2D eigenvalue weighted by Crippen LogP contribution is 2.29. The molecule has 2 aromatic carbocycles. The van der Waals surface area contributed by atoms with E-state index in [2.05, 4.69) is 5.32 Å². The van der Waals surface area contributed by atoms with Gasteiger partial charge in [-0.25, -0.2) is 4.79 Å². The number of amides is 2. The normalized spacial score (nSPS) is 12.9. The Bertz CT molecular complexity index is 921. The van der Waals surface area contributed by atoms with Gasteiger partial charge in [-0.05, 0) is 56.4 Å². The summed E-state index contributed by atoms with van der Waals surface area (Å²) in [7, 11) is 0. The van der Waals surface area contributed by atoms with Gasteiger partial charge in [0.1, 0.15) is 0 Å². The zero-order chi connectivity index (χ0) is 21.5. The van der Waals surface area contributed by atoms with Crippen molar-refractivity contribution in [3.63, 3.8) is 0 Å². The molecule has 0 heterocycles. The van der Waals surface area contributed by atoms with E-state index in [4.69, 9.17) is 4.74 Å². The van der Waals surface area contributed by atoms with Crippen LogP contribution in [0.3, 0.4) is 0 Å². The van der Waals surface area contributed by atoms with Crippen molar-refractivity contribution in [3.05, 3.63) is 65.2 Å². The highest BCUT2D eigenvalue weighted by Gasteiger charge is 2.27. The van der Waals surface area contributed by atoms with E-state index in [0.29, 0.717) is 23.7 Å². The lowest BCUT2D eigenvalue weighted by Gasteiger charge is -2.22. The van der Waals surface area contributed by atoms with E-state index in [-0.39, 0.29) is 24.0 Å². The van der Waals surface area contributed by atoms with E-state index < -0.39 is 5.97 Å². The largest absolute Gasteiger partial charge is 0.452 e. The molecule has 6 heteroatoms. The number of ether oxygens (including phenoxy) is 1. The highest BCUT2D eigenvalue weighted by atomic mass is 16.5. The van der Waals surface area contributed by atoms with Gasteiger partial charge in [-0.3, -0.25) is 9.59 Å². The number of hydrogen-bond donors (Lipinski definition) is 1. The van der Waals surface area contributed by atoms with Crippen molar-refractivity contribution < 1.29 is 19.1 Å². The van der Waals surface area contributed by atoms with E-state index in [1.165, 1.54) is 0 Å². The molecule has 6 nitrogen and oxygen atoms in total. The van der Waals surface area contributed by atoms with E-state index in [1.54, 1.807) is 47.4 Å². The fraction of sp³-hybridized carbons (Fsp3) is 0.375. The summed E-state index contributed by atoms with van der Waals surface area (Å²) in [5.74, 6) is -0.549. The molecule has 1 saturated carbocycles. The first kappa shape index (κ1) is 21.6. The number of rotatable bonds is 9. The first-order valence-corrected chi connectivity index (χ1v) is 10.4. The molecule has 0 spiro atoms. The molecule has 0 atom stereocenters. The molecule has 1 fully saturated rings. The first-order chi connectivity index (χ1) is 14.5. The van der Waals surface area contributed by atoms with Crippen LogP contribution in [0.1, 0.15) is 52.5 Å². The molecule has 1 aliphatic rings. The Kier molecular flexibility index (Phi) is 7.22. The van der Waals surface area contributed by atoms with Crippen molar-refractivity contribution in [2.45, 2.75) is 33.1 Å². The van der Waals surface area contributed by atoms with E-state index in [1.807, 2.05) is 19.9 Å². The molecular weight excluding hydrogens is 380 g/mol. The molecule has 0 aromatic heterocycles. The number of esters is 1. The van der Waals surface area contributed by atoms with Crippen LogP contribution in [-0.4, -0.2) is 42.4 Å². The minimum absolute atomic E-state index is 0.182. The summed E-state index contributed by atoms with van der Waals surface area (Å²) in [4.78, 5) is 39.4. The number of nitrogens with one attached hydrogen (secondary N) is 1. The van der Waals surface area contributed by atoms with Gasteiger partial charge in [0, 0.05) is 18.7 Å². The molecule has 30 heavy (non-hydrogen) atoms. The van der Waals surface area contributed by atoms with Gasteiger partial charge in [0.15, 0.2) is 6.61 Å². The van der Waals surface area contributed by atoms with E-state index in [9.17, 15) is 14.4 Å². The van der Waals surface area contributed by atoms with Crippen molar-refractivity contribution in [2.24, 2.45) is 5.92 Å². The molecule has 0 radical (unpaired) electrons. The standard InChI is InChI=1S/C24H28N2O4/c1-3-13-26(15-18-11-12-18)22(27)16-30-24(29)20-9-4-5-10-21(20)25-23(28)19-8-6-7-17(2)14-19/h4-10,14,18H,3,11-13,15-16H2,1-2H3,(H,25,28). The van der Waals surface area contributed by atoms with Crippen LogP contribution in [-0.2, 0) is 9.53 Å². The number of nitrogens with zero attached hydrogens (tertiary/aromatic N) is 1. The molecule has 0 bridgehead atoms. The number of aryl methyl sites for hydroxylation is 1. The first-order valence-electron chi connectivity index (χ1n) is 10.4. The number of para-hydroxylation sites is 1. The minimum atomic E-state index is -0.633. The fourth-order valence-corrected chi connectivity index (χ4v) is 3.25. The molecule has 0 aliphatic heterocycles. The summed E-state index contributed by atoms with van der Waals surface area (Å²) >= 11 is 0. The maximum Gasteiger partial charge on any atom is 0.340 e. The van der Waals surface area contributed by atoms with E-state index >= 15 is 0 Å². The van der Waals surface area contributed by atoms with Crippen LogP contribution in [0.5, 0.6) is 0 Å². The van der Waals surface area contributed by atoms with Crippen LogP contribution in [0, 0.1) is 12.8 Å². The summed E-state index contributed by atoms with van der Waals surface area (Å²) in [6.45, 7) is 5.02. The summed E-state index contributed by atoms with van der Waals surface area (Å²) in [6.07, 6.45) is 3.17. The Morgan fingerprint density at radius 3 is 2.57 bits per heavy atom. The molecular formula is C24H28N2O4. The average molecular weight is 408 g/mol. The smallest absolute Gasteiger partial charge is 0.340 e. The van der Waals surface area contributed by atoms with Crippen LogP contribution >= 0.6 is 0 Å². The third kappa shape index (κ3) is 5.92. The van der Waals surface area contributed by atoms with Gasteiger partial charge in [-0.2, -0.15) is 0 Å². The number of carbonyl (C=O) groups excluding carboxylic acids is 3. The van der Waals surface area contributed by atoms with Gasteiger partial charge in [0.05, 0.1) is 11.3 Å². The van der Waals surface area contributed by atoms with Crippen molar-refractivity contribution >= 4 is 23.5 Å². The lowest BCUT2D eigenvalue weighted by molar-refractivity contribution is -0.134. The third-order valence-electron chi connectivity index (χ3n) is 5.02. The number of benzene rings is 2. The number of hydrogen-bond acceptors (Lipinski definition) is 4. The maximum absolute atomic E-state index is 12.6. The second kappa shape index (κ2) is 10.1. The topological polar surface area (TPSA) is 75.7 Å². The molecule has 0 saturated heterocycles. The highest BCUT2D eigenvalue weighted by molar-refractivity contribution is 6.08. The Labute approximate surface area is 177 Å². The summed E-state index contributed by atoms with van der Waals surface area (Å²) in [6, 6.07) is 13.8. The predicted molar refractivity (Wildman–Crippen MR) is 115 cm³/mol. The van der Waals surface area contributed by atoms with Gasteiger partial charge in [-0.1, -0.05) is 36.8 Å². The van der Waals surface area contributed by atoms with E-state index in [0.717, 1.165) is 31.4 Å². The summed E-state index contributed by atoms with van der Waals surface area (Å²) in [5, 5.41) is 2.76. The second-order valence-corrected chi connectivity index (χ2v) is 7.73. The second-order valence-electron chi connectivity index (χ2n) is 7.73. The van der Waals surface area contributed by atoms with Crippen LogP contribution in [0.25, 0.3) is 0 Å². The third-order valence-corrected chi connectivity index (χ3v) is 5.02. The fourth-order valence-electron chi connectivity index (χ4n) is 3.25. The van der Waals surface area contributed by atoms with Crippen LogP contribution < -0.4 is 5.32 Å². The summed E-state index contributed by atoms with van der Waals surface area (Å²) < 4.78 is 5.28. The van der Waals surface area contributed by atoms with Crippen molar-refractivity contribution in [2.75, 3.05) is 25.0 Å². The molecule has 3 rings (SSSR count). The Balaban J connectivity index is 1.63. The Hall–Kier alpha value is -3.15. The van der Waals surface area contributed by atoms with Crippen molar-refractivity contribution in [1.82, 2.24) is 4.90 Å².